The zero-order chi connectivity index (χ0) is 22.6. The van der Waals surface area contributed by atoms with Crippen LogP contribution in [0.25, 0.3) is 22.3 Å². The van der Waals surface area contributed by atoms with Gasteiger partial charge < -0.3 is 9.73 Å². The van der Waals surface area contributed by atoms with Crippen LogP contribution in [0.3, 0.4) is 0 Å². The Morgan fingerprint density at radius 3 is 2.48 bits per heavy atom. The van der Waals surface area contributed by atoms with Crippen LogP contribution in [-0.4, -0.2) is 44.5 Å². The van der Waals surface area contributed by atoms with Gasteiger partial charge in [0.1, 0.15) is 5.76 Å². The van der Waals surface area contributed by atoms with Crippen molar-refractivity contribution in [2.24, 2.45) is 0 Å². The second-order valence-corrected chi connectivity index (χ2v) is 9.63. The molecule has 1 heterocycles. The monoisotopic (exact) mass is 442 g/mol. The van der Waals surface area contributed by atoms with Gasteiger partial charge in [-0.15, -0.1) is 0 Å². The van der Waals surface area contributed by atoms with Crippen molar-refractivity contribution >= 4 is 26.9 Å². The fraction of sp³-hybridized carbons (Fsp3) is 0.304. The summed E-state index contributed by atoms with van der Waals surface area (Å²) in [5, 5.41) is 3.13. The molecule has 0 aliphatic rings. The van der Waals surface area contributed by atoms with Crippen LogP contribution in [0.15, 0.2) is 57.7 Å². The van der Waals surface area contributed by atoms with Gasteiger partial charge in [0, 0.05) is 31.3 Å². The Hall–Kier alpha value is -2.97. The molecular weight excluding hydrogens is 416 g/mol. The lowest BCUT2D eigenvalue weighted by Crippen LogP contribution is -2.32. The van der Waals surface area contributed by atoms with Crippen molar-refractivity contribution in [1.82, 2.24) is 9.62 Å². The fourth-order valence-corrected chi connectivity index (χ4v) is 4.16. The zero-order valence-electron chi connectivity index (χ0n) is 17.8. The van der Waals surface area contributed by atoms with E-state index in [1.807, 2.05) is 30.3 Å². The van der Waals surface area contributed by atoms with Crippen molar-refractivity contribution in [1.29, 1.82) is 0 Å². The van der Waals surface area contributed by atoms with Crippen LogP contribution in [0.4, 0.5) is 0 Å². The molecule has 0 saturated heterocycles. The lowest BCUT2D eigenvalue weighted by molar-refractivity contribution is 0.0953. The van der Waals surface area contributed by atoms with Crippen molar-refractivity contribution in [2.45, 2.75) is 20.3 Å². The van der Waals surface area contributed by atoms with Gasteiger partial charge in [-0.05, 0) is 32.4 Å². The summed E-state index contributed by atoms with van der Waals surface area (Å²) in [5.41, 5.74) is 1.56. The average Bonchev–Trinajstić information content (AvgIpc) is 2.78. The number of amides is 1. The van der Waals surface area contributed by atoms with Gasteiger partial charge in [-0.1, -0.05) is 36.4 Å². The van der Waals surface area contributed by atoms with Crippen LogP contribution >= 0.6 is 0 Å². The Morgan fingerprint density at radius 1 is 1.10 bits per heavy atom. The Bertz CT molecular complexity index is 1250. The molecule has 2 aromatic carbocycles. The minimum atomic E-state index is -3.25. The van der Waals surface area contributed by atoms with E-state index in [4.69, 9.17) is 4.42 Å². The molecule has 0 bridgehead atoms. The SMILES string of the molecule is CCS(=O)(=O)N(C)CCCNC(=O)c1cccc2c(=O)c(C)c(-c3ccccc3)oc12. The number of hydrogen-bond donors (Lipinski definition) is 1. The van der Waals surface area contributed by atoms with Gasteiger partial charge in [0.15, 0.2) is 11.0 Å². The van der Waals surface area contributed by atoms with Crippen molar-refractivity contribution in [3.63, 3.8) is 0 Å². The number of nitrogens with zero attached hydrogens (tertiary/aromatic N) is 1. The van der Waals surface area contributed by atoms with Gasteiger partial charge in [0.05, 0.1) is 16.7 Å². The first-order valence-electron chi connectivity index (χ1n) is 10.1. The quantitative estimate of drug-likeness (QED) is 0.541. The molecule has 8 heteroatoms. The van der Waals surface area contributed by atoms with Crippen LogP contribution in [-0.2, 0) is 10.0 Å². The number of benzene rings is 2. The summed E-state index contributed by atoms with van der Waals surface area (Å²) < 4.78 is 31.0. The molecule has 0 fully saturated rings. The van der Waals surface area contributed by atoms with Gasteiger partial charge in [0.2, 0.25) is 10.0 Å². The fourth-order valence-electron chi connectivity index (χ4n) is 3.31. The third-order valence-electron chi connectivity index (χ3n) is 5.20. The van der Waals surface area contributed by atoms with Crippen molar-refractivity contribution in [3.8, 4) is 11.3 Å². The van der Waals surface area contributed by atoms with Crippen LogP contribution < -0.4 is 10.7 Å². The van der Waals surface area contributed by atoms with Gasteiger partial charge in [-0.2, -0.15) is 0 Å². The first kappa shape index (κ1) is 22.7. The molecule has 0 saturated carbocycles. The van der Waals surface area contributed by atoms with Crippen LogP contribution in [0.2, 0.25) is 0 Å². The maximum absolute atomic E-state index is 12.9. The number of hydrogen-bond acceptors (Lipinski definition) is 5. The van der Waals surface area contributed by atoms with Crippen molar-refractivity contribution < 1.29 is 17.6 Å². The predicted molar refractivity (Wildman–Crippen MR) is 122 cm³/mol. The molecule has 31 heavy (non-hydrogen) atoms. The largest absolute Gasteiger partial charge is 0.455 e. The van der Waals surface area contributed by atoms with E-state index in [1.54, 1.807) is 32.0 Å². The van der Waals surface area contributed by atoms with E-state index < -0.39 is 10.0 Å². The second kappa shape index (κ2) is 9.45. The van der Waals surface area contributed by atoms with E-state index >= 15 is 0 Å². The minimum absolute atomic E-state index is 0.0358. The Labute approximate surface area is 181 Å². The highest BCUT2D eigenvalue weighted by atomic mass is 32.2. The van der Waals surface area contributed by atoms with E-state index in [0.717, 1.165) is 5.56 Å². The molecule has 0 aliphatic carbocycles. The summed E-state index contributed by atoms with van der Waals surface area (Å²) >= 11 is 0. The van der Waals surface area contributed by atoms with Crippen molar-refractivity contribution in [3.05, 3.63) is 69.9 Å². The van der Waals surface area contributed by atoms with Gasteiger partial charge >= 0.3 is 0 Å². The van der Waals surface area contributed by atoms with Crippen LogP contribution in [0, 0.1) is 6.92 Å². The molecule has 164 valence electrons. The highest BCUT2D eigenvalue weighted by Gasteiger charge is 2.19. The normalized spacial score (nSPS) is 11.7. The minimum Gasteiger partial charge on any atom is -0.455 e. The first-order chi connectivity index (χ1) is 14.8. The first-order valence-corrected chi connectivity index (χ1v) is 11.7. The molecule has 0 atom stereocenters. The smallest absolute Gasteiger partial charge is 0.255 e. The number of nitrogens with one attached hydrogen (secondary N) is 1. The van der Waals surface area contributed by atoms with E-state index in [2.05, 4.69) is 5.32 Å². The molecule has 0 spiro atoms. The number of para-hydroxylation sites is 1. The molecule has 1 aromatic heterocycles. The summed E-state index contributed by atoms with van der Waals surface area (Å²) in [6.07, 6.45) is 0.463. The van der Waals surface area contributed by atoms with E-state index in [-0.39, 0.29) is 28.2 Å². The van der Waals surface area contributed by atoms with Crippen molar-refractivity contribution in [2.75, 3.05) is 25.9 Å². The number of fused-ring (bicyclic) bond motifs is 1. The molecule has 1 amide bonds. The summed E-state index contributed by atoms with van der Waals surface area (Å²) in [6, 6.07) is 14.2. The highest BCUT2D eigenvalue weighted by Crippen LogP contribution is 2.27. The van der Waals surface area contributed by atoms with Gasteiger partial charge in [-0.25, -0.2) is 12.7 Å². The van der Waals surface area contributed by atoms with E-state index in [1.165, 1.54) is 11.4 Å². The Morgan fingerprint density at radius 2 is 1.81 bits per heavy atom. The summed E-state index contributed by atoms with van der Waals surface area (Å²) in [6.45, 7) is 3.90. The average molecular weight is 443 g/mol. The molecular formula is C23H26N2O5S. The molecule has 0 aliphatic heterocycles. The van der Waals surface area contributed by atoms with Gasteiger partial charge in [0.25, 0.3) is 5.91 Å². The summed E-state index contributed by atoms with van der Waals surface area (Å²) in [7, 11) is -1.73. The number of sulfonamides is 1. The Kier molecular flexibility index (Phi) is 6.92. The van der Waals surface area contributed by atoms with Gasteiger partial charge in [-0.3, -0.25) is 9.59 Å². The third kappa shape index (κ3) is 4.86. The highest BCUT2D eigenvalue weighted by molar-refractivity contribution is 7.89. The lowest BCUT2D eigenvalue weighted by Gasteiger charge is -2.16. The maximum Gasteiger partial charge on any atom is 0.255 e. The molecule has 1 N–H and O–H groups in total. The lowest BCUT2D eigenvalue weighted by atomic mass is 10.0. The van der Waals surface area contributed by atoms with Crippen LogP contribution in [0.5, 0.6) is 0 Å². The topological polar surface area (TPSA) is 96.7 Å². The predicted octanol–water partition coefficient (Wildman–Crippen LogP) is 3.17. The zero-order valence-corrected chi connectivity index (χ0v) is 18.7. The van der Waals surface area contributed by atoms with E-state index in [0.29, 0.717) is 36.2 Å². The standard InChI is InChI=1S/C23H26N2O5S/c1-4-31(28,29)25(3)15-9-14-24-23(27)19-13-8-12-18-20(26)16(2)21(30-22(18)19)17-10-6-5-7-11-17/h5-8,10-13H,4,9,14-15H2,1-3H3,(H,24,27). The molecule has 0 unspecified atom stereocenters. The van der Waals surface area contributed by atoms with E-state index in [9.17, 15) is 18.0 Å². The summed E-state index contributed by atoms with van der Waals surface area (Å²) in [5.74, 6) is 0.0935. The number of carbonyl (C=O) groups excluding carboxylic acids is 1. The second-order valence-electron chi connectivity index (χ2n) is 7.27. The molecule has 7 nitrogen and oxygen atoms in total. The Balaban J connectivity index is 1.85. The number of rotatable bonds is 8. The molecule has 3 aromatic rings. The maximum atomic E-state index is 12.9. The van der Waals surface area contributed by atoms with Crippen LogP contribution in [0.1, 0.15) is 29.3 Å². The molecule has 3 rings (SSSR count). The third-order valence-corrected chi connectivity index (χ3v) is 7.06. The molecule has 0 radical (unpaired) electrons. The summed E-state index contributed by atoms with van der Waals surface area (Å²) in [4.78, 5) is 25.7. The number of carbonyl (C=O) groups is 1.